The Balaban J connectivity index is 2.16. The minimum Gasteiger partial charge on any atom is -0.468 e. The maximum absolute atomic E-state index is 11.6. The van der Waals surface area contributed by atoms with E-state index in [9.17, 15) is 9.59 Å². The standard InChI is InChI=1S/C17H25NO5/c1-17(2,23-16(20)18-12-15(19)21-3)10-7-11-22-13-14-8-5-4-6-9-14/h4-6,8-9H,7,10-13H2,1-3H3,(H,18,20). The van der Waals surface area contributed by atoms with Gasteiger partial charge in [0.1, 0.15) is 12.1 Å². The van der Waals surface area contributed by atoms with Crippen LogP contribution < -0.4 is 5.32 Å². The lowest BCUT2D eigenvalue weighted by Gasteiger charge is -2.25. The van der Waals surface area contributed by atoms with Gasteiger partial charge < -0.3 is 19.5 Å². The molecule has 0 atom stereocenters. The molecule has 23 heavy (non-hydrogen) atoms. The molecule has 6 nitrogen and oxygen atoms in total. The van der Waals surface area contributed by atoms with E-state index in [4.69, 9.17) is 9.47 Å². The van der Waals surface area contributed by atoms with E-state index in [1.807, 2.05) is 44.2 Å². The van der Waals surface area contributed by atoms with Crippen LogP contribution >= 0.6 is 0 Å². The highest BCUT2D eigenvalue weighted by molar-refractivity contribution is 5.77. The molecule has 0 aromatic heterocycles. The van der Waals surface area contributed by atoms with Crippen molar-refractivity contribution in [3.05, 3.63) is 35.9 Å². The lowest BCUT2D eigenvalue weighted by molar-refractivity contribution is -0.139. The highest BCUT2D eigenvalue weighted by Crippen LogP contribution is 2.17. The number of hydrogen-bond donors (Lipinski definition) is 1. The second-order valence-corrected chi connectivity index (χ2v) is 5.72. The molecule has 1 aromatic rings. The third kappa shape index (κ3) is 8.83. The van der Waals surface area contributed by atoms with E-state index in [1.54, 1.807) is 0 Å². The second-order valence-electron chi connectivity index (χ2n) is 5.72. The van der Waals surface area contributed by atoms with Gasteiger partial charge in [-0.05, 0) is 32.3 Å². The quantitative estimate of drug-likeness (QED) is 0.558. The van der Waals surface area contributed by atoms with Gasteiger partial charge in [0.25, 0.3) is 0 Å². The first-order chi connectivity index (χ1) is 10.9. The van der Waals surface area contributed by atoms with Crippen LogP contribution in [0.25, 0.3) is 0 Å². The van der Waals surface area contributed by atoms with Gasteiger partial charge in [-0.15, -0.1) is 0 Å². The molecule has 0 aliphatic carbocycles. The maximum Gasteiger partial charge on any atom is 0.408 e. The van der Waals surface area contributed by atoms with Crippen molar-refractivity contribution in [2.24, 2.45) is 0 Å². The third-order valence-electron chi connectivity index (χ3n) is 3.15. The summed E-state index contributed by atoms with van der Waals surface area (Å²) in [5.41, 5.74) is 0.501. The molecule has 1 rings (SSSR count). The van der Waals surface area contributed by atoms with Crippen LogP contribution in [0.15, 0.2) is 30.3 Å². The van der Waals surface area contributed by atoms with E-state index in [0.29, 0.717) is 19.6 Å². The average molecular weight is 323 g/mol. The molecule has 0 saturated heterocycles. The van der Waals surface area contributed by atoms with E-state index >= 15 is 0 Å². The molecule has 0 bridgehead atoms. The Morgan fingerprint density at radius 1 is 1.17 bits per heavy atom. The number of carbonyl (C=O) groups is 2. The number of rotatable bonds is 9. The predicted octanol–water partition coefficient (Wildman–Crippen LogP) is 2.66. The summed E-state index contributed by atoms with van der Waals surface area (Å²) in [6.45, 7) is 4.60. The smallest absolute Gasteiger partial charge is 0.408 e. The molecule has 0 aliphatic rings. The van der Waals surface area contributed by atoms with Gasteiger partial charge in [-0.25, -0.2) is 4.79 Å². The maximum atomic E-state index is 11.6. The fraction of sp³-hybridized carbons (Fsp3) is 0.529. The van der Waals surface area contributed by atoms with Crippen LogP contribution in [-0.2, 0) is 25.6 Å². The summed E-state index contributed by atoms with van der Waals surface area (Å²) >= 11 is 0. The molecule has 128 valence electrons. The number of nitrogens with one attached hydrogen (secondary N) is 1. The van der Waals surface area contributed by atoms with Crippen molar-refractivity contribution >= 4 is 12.1 Å². The highest BCUT2D eigenvalue weighted by atomic mass is 16.6. The van der Waals surface area contributed by atoms with E-state index in [-0.39, 0.29) is 6.54 Å². The fourth-order valence-corrected chi connectivity index (χ4v) is 1.92. The minimum absolute atomic E-state index is 0.203. The van der Waals surface area contributed by atoms with Crippen LogP contribution in [0.4, 0.5) is 4.79 Å². The normalized spacial score (nSPS) is 10.9. The van der Waals surface area contributed by atoms with E-state index in [1.165, 1.54) is 7.11 Å². The Morgan fingerprint density at radius 2 is 1.87 bits per heavy atom. The first-order valence-corrected chi connectivity index (χ1v) is 7.58. The van der Waals surface area contributed by atoms with Crippen LogP contribution in [0, 0.1) is 0 Å². The van der Waals surface area contributed by atoms with Gasteiger partial charge in [-0.1, -0.05) is 30.3 Å². The summed E-state index contributed by atoms with van der Waals surface area (Å²) in [7, 11) is 1.26. The molecule has 1 aromatic carbocycles. The Hall–Kier alpha value is -2.08. The molecule has 0 aliphatic heterocycles. The Kier molecular flexibility index (Phi) is 8.11. The van der Waals surface area contributed by atoms with Gasteiger partial charge in [0.05, 0.1) is 13.7 Å². The zero-order valence-electron chi connectivity index (χ0n) is 14.0. The van der Waals surface area contributed by atoms with Gasteiger partial charge in [0, 0.05) is 6.61 Å². The molecule has 0 fully saturated rings. The average Bonchev–Trinajstić information content (AvgIpc) is 2.52. The zero-order valence-corrected chi connectivity index (χ0v) is 14.0. The number of alkyl carbamates (subject to hydrolysis) is 1. The number of methoxy groups -OCH3 is 1. The van der Waals surface area contributed by atoms with E-state index in [0.717, 1.165) is 12.0 Å². The molecule has 0 heterocycles. The zero-order chi connectivity index (χ0) is 17.1. The van der Waals surface area contributed by atoms with Crippen molar-refractivity contribution in [2.45, 2.75) is 38.9 Å². The molecular formula is C17H25NO5. The van der Waals surface area contributed by atoms with Gasteiger partial charge in [-0.2, -0.15) is 0 Å². The number of ether oxygens (including phenoxy) is 3. The molecule has 0 spiro atoms. The summed E-state index contributed by atoms with van der Waals surface area (Å²) in [5.74, 6) is -0.519. The van der Waals surface area contributed by atoms with E-state index < -0.39 is 17.7 Å². The van der Waals surface area contributed by atoms with Gasteiger partial charge >= 0.3 is 12.1 Å². The Bertz CT molecular complexity index is 487. The lowest BCUT2D eigenvalue weighted by atomic mass is 10.0. The largest absolute Gasteiger partial charge is 0.468 e. The molecule has 1 N–H and O–H groups in total. The van der Waals surface area contributed by atoms with Crippen molar-refractivity contribution in [3.63, 3.8) is 0 Å². The van der Waals surface area contributed by atoms with Crippen LogP contribution in [0.2, 0.25) is 0 Å². The summed E-state index contributed by atoms with van der Waals surface area (Å²) in [6.07, 6.45) is 0.794. The topological polar surface area (TPSA) is 73.9 Å². The minimum atomic E-state index is -0.634. The van der Waals surface area contributed by atoms with Crippen molar-refractivity contribution in [1.82, 2.24) is 5.32 Å². The first kappa shape index (κ1) is 19.0. The molecule has 0 radical (unpaired) electrons. The van der Waals surface area contributed by atoms with Crippen LogP contribution in [-0.4, -0.2) is 37.9 Å². The van der Waals surface area contributed by atoms with Gasteiger partial charge in [0.2, 0.25) is 0 Å². The number of esters is 1. The van der Waals surface area contributed by atoms with Crippen LogP contribution in [0.1, 0.15) is 32.3 Å². The van der Waals surface area contributed by atoms with Crippen LogP contribution in [0.3, 0.4) is 0 Å². The summed E-state index contributed by atoms with van der Waals surface area (Å²) in [4.78, 5) is 22.5. The van der Waals surface area contributed by atoms with Gasteiger partial charge in [0.15, 0.2) is 0 Å². The third-order valence-corrected chi connectivity index (χ3v) is 3.15. The van der Waals surface area contributed by atoms with Crippen molar-refractivity contribution in [2.75, 3.05) is 20.3 Å². The fourth-order valence-electron chi connectivity index (χ4n) is 1.92. The van der Waals surface area contributed by atoms with Crippen LogP contribution in [0.5, 0.6) is 0 Å². The molecule has 6 heteroatoms. The SMILES string of the molecule is COC(=O)CNC(=O)OC(C)(C)CCCOCc1ccccc1. The molecule has 0 saturated carbocycles. The molecule has 1 amide bonds. The van der Waals surface area contributed by atoms with Gasteiger partial charge in [-0.3, -0.25) is 4.79 Å². The second kappa shape index (κ2) is 9.84. The molecule has 0 unspecified atom stereocenters. The van der Waals surface area contributed by atoms with Crippen molar-refractivity contribution < 1.29 is 23.8 Å². The highest BCUT2D eigenvalue weighted by Gasteiger charge is 2.22. The Labute approximate surface area is 137 Å². The summed E-state index contributed by atoms with van der Waals surface area (Å²) < 4.78 is 15.3. The number of carbonyl (C=O) groups excluding carboxylic acids is 2. The van der Waals surface area contributed by atoms with E-state index in [2.05, 4.69) is 10.1 Å². The lowest BCUT2D eigenvalue weighted by Crippen LogP contribution is -2.37. The summed E-state index contributed by atoms with van der Waals surface area (Å²) in [6, 6.07) is 9.94. The first-order valence-electron chi connectivity index (χ1n) is 7.58. The van der Waals surface area contributed by atoms with Crippen molar-refractivity contribution in [3.8, 4) is 0 Å². The predicted molar refractivity (Wildman–Crippen MR) is 85.9 cm³/mol. The number of amides is 1. The van der Waals surface area contributed by atoms with Crippen molar-refractivity contribution in [1.29, 1.82) is 0 Å². The number of hydrogen-bond acceptors (Lipinski definition) is 5. The molecular weight excluding hydrogens is 298 g/mol. The Morgan fingerprint density at radius 3 is 2.52 bits per heavy atom. The summed E-state index contributed by atoms with van der Waals surface area (Å²) in [5, 5.41) is 2.35. The monoisotopic (exact) mass is 323 g/mol. The number of benzene rings is 1.